The van der Waals surface area contributed by atoms with Crippen LogP contribution in [-0.2, 0) is 5.60 Å². The molecule has 1 fully saturated rings. The van der Waals surface area contributed by atoms with Crippen LogP contribution < -0.4 is 0 Å². The Bertz CT molecular complexity index is 533. The fourth-order valence-corrected chi connectivity index (χ4v) is 2.96. The van der Waals surface area contributed by atoms with Gasteiger partial charge in [0.1, 0.15) is 11.4 Å². The fraction of sp³-hybridized carbons (Fsp3) is 0.462. The number of hydrogen-bond acceptors (Lipinski definition) is 2. The predicted octanol–water partition coefficient (Wildman–Crippen LogP) is 4.03. The molecule has 0 amide bonds. The lowest BCUT2D eigenvalue weighted by Gasteiger charge is -2.47. The first-order chi connectivity index (χ1) is 8.34. The van der Waals surface area contributed by atoms with E-state index in [2.05, 4.69) is 6.07 Å². The number of nitriles is 1. The second-order valence-electron chi connectivity index (χ2n) is 4.87. The van der Waals surface area contributed by atoms with Crippen molar-refractivity contribution < 1.29 is 9.50 Å². The molecule has 0 radical (unpaired) electrons. The summed E-state index contributed by atoms with van der Waals surface area (Å²) in [6, 6.07) is 4.52. The van der Waals surface area contributed by atoms with Crippen LogP contribution in [0.3, 0.4) is 0 Å². The lowest BCUT2D eigenvalue weighted by molar-refractivity contribution is -0.0859. The van der Waals surface area contributed by atoms with Crippen molar-refractivity contribution in [1.82, 2.24) is 0 Å². The normalized spacial score (nSPS) is 20.7. The van der Waals surface area contributed by atoms with Gasteiger partial charge in [-0.1, -0.05) is 29.6 Å². The highest BCUT2D eigenvalue weighted by Crippen LogP contribution is 2.54. The van der Waals surface area contributed by atoms with E-state index in [0.717, 1.165) is 12.5 Å². The average molecular weight is 288 g/mol. The van der Waals surface area contributed by atoms with Crippen LogP contribution in [0.2, 0.25) is 10.0 Å². The smallest absolute Gasteiger partial charge is 0.142 e. The Kier molecular flexibility index (Phi) is 3.31. The van der Waals surface area contributed by atoms with Crippen LogP contribution in [0.25, 0.3) is 0 Å². The summed E-state index contributed by atoms with van der Waals surface area (Å²) in [7, 11) is 0. The summed E-state index contributed by atoms with van der Waals surface area (Å²) in [6.45, 7) is 1.50. The molecule has 2 rings (SSSR count). The van der Waals surface area contributed by atoms with E-state index in [0.29, 0.717) is 12.8 Å². The molecule has 18 heavy (non-hydrogen) atoms. The molecule has 0 aromatic heterocycles. The van der Waals surface area contributed by atoms with Gasteiger partial charge >= 0.3 is 0 Å². The molecule has 0 heterocycles. The number of nitrogens with zero attached hydrogens (tertiary/aromatic N) is 1. The molecule has 1 saturated carbocycles. The third kappa shape index (κ3) is 1.80. The molecule has 96 valence electrons. The van der Waals surface area contributed by atoms with Crippen molar-refractivity contribution in [3.05, 3.63) is 33.6 Å². The van der Waals surface area contributed by atoms with Gasteiger partial charge in [-0.15, -0.1) is 0 Å². The maximum atomic E-state index is 13.5. The van der Waals surface area contributed by atoms with Gasteiger partial charge in [-0.05, 0) is 31.9 Å². The Morgan fingerprint density at radius 3 is 2.44 bits per heavy atom. The van der Waals surface area contributed by atoms with Crippen molar-refractivity contribution in [2.24, 2.45) is 5.41 Å². The Morgan fingerprint density at radius 1 is 1.39 bits per heavy atom. The third-order valence-corrected chi connectivity index (χ3v) is 4.49. The third-order valence-electron chi connectivity index (χ3n) is 3.89. The van der Waals surface area contributed by atoms with Gasteiger partial charge in [-0.25, -0.2) is 4.39 Å². The van der Waals surface area contributed by atoms with Crippen molar-refractivity contribution in [2.45, 2.75) is 31.8 Å². The van der Waals surface area contributed by atoms with Crippen LogP contribution in [0.15, 0.2) is 12.1 Å². The number of aliphatic hydroxyl groups is 1. The molecule has 1 aromatic carbocycles. The Morgan fingerprint density at radius 2 is 2.00 bits per heavy atom. The summed E-state index contributed by atoms with van der Waals surface area (Å²) < 4.78 is 13.5. The molecular weight excluding hydrogens is 276 g/mol. The topological polar surface area (TPSA) is 44.0 Å². The van der Waals surface area contributed by atoms with Crippen LogP contribution in [0, 0.1) is 22.6 Å². The van der Waals surface area contributed by atoms with Crippen LogP contribution in [0.5, 0.6) is 0 Å². The number of hydrogen-bond donors (Lipinski definition) is 1. The van der Waals surface area contributed by atoms with Crippen molar-refractivity contribution in [3.63, 3.8) is 0 Å². The Hall–Kier alpha value is -0.820. The summed E-state index contributed by atoms with van der Waals surface area (Å²) >= 11 is 11.6. The van der Waals surface area contributed by atoms with Crippen LogP contribution in [0.4, 0.5) is 4.39 Å². The summed E-state index contributed by atoms with van der Waals surface area (Å²) in [4.78, 5) is 0. The van der Waals surface area contributed by atoms with E-state index in [1.807, 2.05) is 0 Å². The molecule has 0 spiro atoms. The molecule has 0 aliphatic heterocycles. The van der Waals surface area contributed by atoms with Gasteiger partial charge in [0, 0.05) is 10.6 Å². The van der Waals surface area contributed by atoms with Crippen LogP contribution in [0.1, 0.15) is 31.7 Å². The lowest BCUT2D eigenvalue weighted by Crippen LogP contribution is -2.47. The highest BCUT2D eigenvalue weighted by Gasteiger charge is 2.53. The highest BCUT2D eigenvalue weighted by atomic mass is 35.5. The Balaban J connectivity index is 2.54. The standard InChI is InChI=1S/C13H12Cl2FNO/c1-12(18,13(7-17)3-2-4-13)8-5-11(16)10(15)6-9(8)14/h5-6,18H,2-4H2,1H3. The number of benzene rings is 1. The maximum Gasteiger partial charge on any atom is 0.142 e. The van der Waals surface area contributed by atoms with E-state index >= 15 is 0 Å². The molecule has 1 aromatic rings. The van der Waals surface area contributed by atoms with E-state index in [1.54, 1.807) is 0 Å². The van der Waals surface area contributed by atoms with Crippen molar-refractivity contribution in [3.8, 4) is 6.07 Å². The summed E-state index contributed by atoms with van der Waals surface area (Å²) in [5, 5.41) is 20.0. The molecule has 5 heteroatoms. The first-order valence-corrected chi connectivity index (χ1v) is 6.38. The van der Waals surface area contributed by atoms with Gasteiger partial charge in [0.2, 0.25) is 0 Å². The zero-order valence-corrected chi connectivity index (χ0v) is 11.3. The molecule has 2 nitrogen and oxygen atoms in total. The first kappa shape index (κ1) is 13.6. The van der Waals surface area contributed by atoms with E-state index in [1.165, 1.54) is 13.0 Å². The number of rotatable bonds is 2. The highest BCUT2D eigenvalue weighted by molar-refractivity contribution is 6.35. The molecule has 1 aliphatic rings. The van der Waals surface area contributed by atoms with Crippen molar-refractivity contribution in [1.29, 1.82) is 5.26 Å². The monoisotopic (exact) mass is 287 g/mol. The first-order valence-electron chi connectivity index (χ1n) is 5.63. The molecule has 1 unspecified atom stereocenters. The average Bonchev–Trinajstić information content (AvgIpc) is 2.22. The SMILES string of the molecule is CC(O)(c1cc(F)c(Cl)cc1Cl)C1(C#N)CCC1. The summed E-state index contributed by atoms with van der Waals surface area (Å²) in [5.41, 5.74) is -2.16. The minimum absolute atomic E-state index is 0.0980. The van der Waals surface area contributed by atoms with E-state index in [-0.39, 0.29) is 15.6 Å². The molecule has 1 atom stereocenters. The van der Waals surface area contributed by atoms with Gasteiger partial charge < -0.3 is 5.11 Å². The lowest BCUT2D eigenvalue weighted by atomic mass is 9.58. The zero-order valence-electron chi connectivity index (χ0n) is 9.80. The molecule has 0 bridgehead atoms. The van der Waals surface area contributed by atoms with Crippen LogP contribution in [-0.4, -0.2) is 5.11 Å². The minimum Gasteiger partial charge on any atom is -0.384 e. The van der Waals surface area contributed by atoms with Gasteiger partial charge in [-0.2, -0.15) is 5.26 Å². The van der Waals surface area contributed by atoms with Gasteiger partial charge in [0.05, 0.1) is 16.5 Å². The van der Waals surface area contributed by atoms with Crippen LogP contribution >= 0.6 is 23.2 Å². The molecule has 1 N–H and O–H groups in total. The largest absolute Gasteiger partial charge is 0.384 e. The van der Waals surface area contributed by atoms with E-state index in [9.17, 15) is 14.8 Å². The second-order valence-corrected chi connectivity index (χ2v) is 5.68. The van der Waals surface area contributed by atoms with Gasteiger partial charge in [0.15, 0.2) is 0 Å². The predicted molar refractivity (Wildman–Crippen MR) is 67.9 cm³/mol. The number of halogens is 3. The van der Waals surface area contributed by atoms with Crippen molar-refractivity contribution >= 4 is 23.2 Å². The van der Waals surface area contributed by atoms with E-state index < -0.39 is 16.8 Å². The molecule has 1 aliphatic carbocycles. The van der Waals surface area contributed by atoms with Crippen molar-refractivity contribution in [2.75, 3.05) is 0 Å². The molecule has 0 saturated heterocycles. The summed E-state index contributed by atoms with van der Waals surface area (Å²) in [6.07, 6.45) is 2.03. The van der Waals surface area contributed by atoms with Gasteiger partial charge in [-0.3, -0.25) is 0 Å². The van der Waals surface area contributed by atoms with E-state index in [4.69, 9.17) is 23.2 Å². The minimum atomic E-state index is -1.48. The van der Waals surface area contributed by atoms with Gasteiger partial charge in [0.25, 0.3) is 0 Å². The summed E-state index contributed by atoms with van der Waals surface area (Å²) in [5.74, 6) is -0.649. The zero-order chi connectivity index (χ0) is 13.6. The quantitative estimate of drug-likeness (QED) is 0.835. The Labute approximate surface area is 115 Å². The maximum absolute atomic E-state index is 13.5. The fourth-order valence-electron chi connectivity index (χ4n) is 2.39. The second kappa shape index (κ2) is 4.38. The molecular formula is C13H12Cl2FNO.